The van der Waals surface area contributed by atoms with Gasteiger partial charge in [0.15, 0.2) is 11.5 Å². The monoisotopic (exact) mass is 443 g/mol. The number of nitrogens with zero attached hydrogens (tertiary/aromatic N) is 2. The summed E-state index contributed by atoms with van der Waals surface area (Å²) in [4.78, 5) is 20.7. The Balaban J connectivity index is 1.71. The van der Waals surface area contributed by atoms with E-state index in [1.54, 1.807) is 12.0 Å². The van der Waals surface area contributed by atoms with Gasteiger partial charge in [0.05, 0.1) is 18.8 Å². The lowest BCUT2D eigenvalue weighted by Crippen LogP contribution is -2.53. The van der Waals surface area contributed by atoms with Crippen molar-refractivity contribution in [2.45, 2.75) is 83.6 Å². The largest absolute Gasteiger partial charge is 0.491 e. The summed E-state index contributed by atoms with van der Waals surface area (Å²) >= 11 is 0. The molecule has 1 fully saturated rings. The minimum absolute atomic E-state index is 0.0000852. The fourth-order valence-electron chi connectivity index (χ4n) is 5.85. The van der Waals surface area contributed by atoms with E-state index in [0.717, 1.165) is 43.4 Å². The maximum atomic E-state index is 14.1. The SMILES string of the molecule is CO[C@H]1CC[C@]2(CC1)Cc1ccc(OCCOC(C)C)cc1C21N=C(N)N(C(C)C)C1=O. The second-order valence-corrected chi connectivity index (χ2v) is 9.93. The maximum Gasteiger partial charge on any atom is 0.262 e. The number of aliphatic imine (C=N–C) groups is 1. The summed E-state index contributed by atoms with van der Waals surface area (Å²) in [6.45, 7) is 8.96. The Morgan fingerprint density at radius 3 is 2.50 bits per heavy atom. The molecule has 1 atom stereocenters. The molecule has 0 radical (unpaired) electrons. The van der Waals surface area contributed by atoms with E-state index in [2.05, 4.69) is 6.07 Å². The highest BCUT2D eigenvalue weighted by Crippen LogP contribution is 2.62. The van der Waals surface area contributed by atoms with Gasteiger partial charge in [0.2, 0.25) is 0 Å². The molecule has 2 aliphatic carbocycles. The van der Waals surface area contributed by atoms with Crippen LogP contribution in [-0.4, -0.2) is 55.3 Å². The van der Waals surface area contributed by atoms with E-state index in [1.165, 1.54) is 5.56 Å². The molecule has 0 bridgehead atoms. The molecule has 0 saturated heterocycles. The quantitative estimate of drug-likeness (QED) is 0.653. The Hall–Kier alpha value is -2.12. The third-order valence-electron chi connectivity index (χ3n) is 7.37. The molecule has 176 valence electrons. The highest BCUT2D eigenvalue weighted by atomic mass is 16.5. The van der Waals surface area contributed by atoms with Crippen LogP contribution in [0.2, 0.25) is 0 Å². The Kier molecular flexibility index (Phi) is 6.25. The normalized spacial score (nSPS) is 29.5. The topological polar surface area (TPSA) is 86.4 Å². The van der Waals surface area contributed by atoms with Crippen LogP contribution in [0.3, 0.4) is 0 Å². The van der Waals surface area contributed by atoms with Crippen molar-refractivity contribution in [2.24, 2.45) is 16.1 Å². The standard InChI is InChI=1S/C25H37N3O4/c1-16(2)28-22(29)25(27-23(28)26)21-14-20(32-13-12-31-17(3)4)7-6-18(21)15-24(25)10-8-19(30-5)9-11-24/h6-7,14,16-17,19H,8-13,15H2,1-5H3,(H2,26,27)/t19-,24-,25?. The lowest BCUT2D eigenvalue weighted by atomic mass is 9.61. The molecule has 2 spiro atoms. The number of rotatable bonds is 7. The summed E-state index contributed by atoms with van der Waals surface area (Å²) in [7, 11) is 1.77. The smallest absolute Gasteiger partial charge is 0.262 e. The second kappa shape index (κ2) is 8.67. The van der Waals surface area contributed by atoms with Crippen molar-refractivity contribution in [3.05, 3.63) is 29.3 Å². The first-order chi connectivity index (χ1) is 15.2. The predicted octanol–water partition coefficient (Wildman–Crippen LogP) is 3.38. The Morgan fingerprint density at radius 1 is 1.19 bits per heavy atom. The van der Waals surface area contributed by atoms with Gasteiger partial charge in [-0.05, 0) is 83.1 Å². The minimum Gasteiger partial charge on any atom is -0.491 e. The second-order valence-electron chi connectivity index (χ2n) is 9.93. The summed E-state index contributed by atoms with van der Waals surface area (Å²) in [5.41, 5.74) is 7.23. The molecule has 1 aliphatic heterocycles. The number of ether oxygens (including phenoxy) is 3. The number of carbonyl (C=O) groups excluding carboxylic acids is 1. The number of carbonyl (C=O) groups is 1. The van der Waals surface area contributed by atoms with Crippen LogP contribution in [0.15, 0.2) is 23.2 Å². The van der Waals surface area contributed by atoms with E-state index in [1.807, 2.05) is 39.8 Å². The molecule has 2 N–H and O–H groups in total. The molecule has 3 aliphatic rings. The first-order valence-corrected chi connectivity index (χ1v) is 11.8. The van der Waals surface area contributed by atoms with Gasteiger partial charge in [0.1, 0.15) is 12.4 Å². The van der Waals surface area contributed by atoms with Gasteiger partial charge in [-0.2, -0.15) is 0 Å². The molecule has 1 saturated carbocycles. The van der Waals surface area contributed by atoms with Gasteiger partial charge in [-0.25, -0.2) is 4.99 Å². The van der Waals surface area contributed by atoms with E-state index >= 15 is 0 Å². The van der Waals surface area contributed by atoms with Gasteiger partial charge in [-0.1, -0.05) is 6.07 Å². The van der Waals surface area contributed by atoms with Crippen LogP contribution in [0.1, 0.15) is 64.5 Å². The molecule has 7 heteroatoms. The number of guanidine groups is 1. The van der Waals surface area contributed by atoms with Crippen LogP contribution in [0, 0.1) is 5.41 Å². The molecular weight excluding hydrogens is 406 g/mol. The molecule has 1 aromatic carbocycles. The molecule has 1 aromatic rings. The Morgan fingerprint density at radius 2 is 1.91 bits per heavy atom. The molecule has 1 amide bonds. The maximum absolute atomic E-state index is 14.1. The molecule has 1 unspecified atom stereocenters. The average molecular weight is 444 g/mol. The van der Waals surface area contributed by atoms with Crippen LogP contribution >= 0.6 is 0 Å². The van der Waals surface area contributed by atoms with Crippen LogP contribution in [0.5, 0.6) is 5.75 Å². The van der Waals surface area contributed by atoms with Gasteiger partial charge in [-0.15, -0.1) is 0 Å². The van der Waals surface area contributed by atoms with E-state index in [9.17, 15) is 4.79 Å². The van der Waals surface area contributed by atoms with Gasteiger partial charge in [-0.3, -0.25) is 9.69 Å². The van der Waals surface area contributed by atoms with E-state index in [4.69, 9.17) is 24.9 Å². The Bertz CT molecular complexity index is 889. The van der Waals surface area contributed by atoms with Gasteiger partial charge in [0.25, 0.3) is 5.91 Å². The van der Waals surface area contributed by atoms with E-state index in [0.29, 0.717) is 19.2 Å². The first-order valence-electron chi connectivity index (χ1n) is 11.8. The van der Waals surface area contributed by atoms with E-state index in [-0.39, 0.29) is 29.6 Å². The fourth-order valence-corrected chi connectivity index (χ4v) is 5.85. The molecule has 4 rings (SSSR count). The highest BCUT2D eigenvalue weighted by molar-refractivity contribution is 6.08. The van der Waals surface area contributed by atoms with Crippen LogP contribution in [0.25, 0.3) is 0 Å². The predicted molar refractivity (Wildman–Crippen MR) is 124 cm³/mol. The van der Waals surface area contributed by atoms with Crippen molar-refractivity contribution in [3.8, 4) is 5.75 Å². The number of benzene rings is 1. The van der Waals surface area contributed by atoms with Crippen molar-refractivity contribution in [3.63, 3.8) is 0 Å². The summed E-state index contributed by atoms with van der Waals surface area (Å²) in [6, 6.07) is 6.06. The number of hydrogen-bond donors (Lipinski definition) is 1. The first kappa shape index (κ1) is 23.1. The Labute approximate surface area is 191 Å². The molecule has 32 heavy (non-hydrogen) atoms. The third kappa shape index (κ3) is 3.59. The number of nitrogens with two attached hydrogens (primary N) is 1. The molecule has 7 nitrogen and oxygen atoms in total. The van der Waals surface area contributed by atoms with Crippen molar-refractivity contribution < 1.29 is 19.0 Å². The third-order valence-corrected chi connectivity index (χ3v) is 7.37. The van der Waals surface area contributed by atoms with Crippen LogP contribution < -0.4 is 10.5 Å². The summed E-state index contributed by atoms with van der Waals surface area (Å²) < 4.78 is 17.2. The molecule has 0 aromatic heterocycles. The van der Waals surface area contributed by atoms with Crippen molar-refractivity contribution >= 4 is 11.9 Å². The van der Waals surface area contributed by atoms with Gasteiger partial charge < -0.3 is 19.9 Å². The zero-order valence-corrected chi connectivity index (χ0v) is 20.0. The fraction of sp³-hybridized carbons (Fsp3) is 0.680. The number of fused-ring (bicyclic) bond motifs is 3. The van der Waals surface area contributed by atoms with Crippen molar-refractivity contribution in [2.75, 3.05) is 20.3 Å². The zero-order chi connectivity index (χ0) is 23.1. The molecular formula is C25H37N3O4. The molecule has 1 heterocycles. The van der Waals surface area contributed by atoms with Crippen molar-refractivity contribution in [1.82, 2.24) is 4.90 Å². The average Bonchev–Trinajstić information content (AvgIpc) is 3.17. The summed E-state index contributed by atoms with van der Waals surface area (Å²) in [6.07, 6.45) is 4.84. The number of amides is 1. The lowest BCUT2D eigenvalue weighted by molar-refractivity contribution is -0.139. The lowest BCUT2D eigenvalue weighted by Gasteiger charge is -2.45. The van der Waals surface area contributed by atoms with Gasteiger partial charge >= 0.3 is 0 Å². The van der Waals surface area contributed by atoms with Gasteiger partial charge in [0, 0.05) is 18.6 Å². The van der Waals surface area contributed by atoms with Crippen LogP contribution in [-0.2, 0) is 26.2 Å². The summed E-state index contributed by atoms with van der Waals surface area (Å²) in [5, 5.41) is 0. The van der Waals surface area contributed by atoms with Crippen LogP contribution in [0.4, 0.5) is 0 Å². The van der Waals surface area contributed by atoms with Crippen molar-refractivity contribution in [1.29, 1.82) is 0 Å². The summed E-state index contributed by atoms with van der Waals surface area (Å²) in [5.74, 6) is 1.06. The zero-order valence-electron chi connectivity index (χ0n) is 20.0. The minimum atomic E-state index is -0.983. The number of hydrogen-bond acceptors (Lipinski definition) is 6. The number of methoxy groups -OCH3 is 1. The highest BCUT2D eigenvalue weighted by Gasteiger charge is 2.67. The van der Waals surface area contributed by atoms with E-state index < -0.39 is 5.54 Å².